The largest absolute Gasteiger partial charge is 0.333 e. The molecule has 1 aliphatic carbocycles. The van der Waals surface area contributed by atoms with E-state index in [-0.39, 0.29) is 5.91 Å². The van der Waals surface area contributed by atoms with Crippen molar-refractivity contribution < 1.29 is 4.79 Å². The molecule has 2 fully saturated rings. The van der Waals surface area contributed by atoms with Crippen LogP contribution < -0.4 is 0 Å². The number of hydrogen-bond acceptors (Lipinski definition) is 4. The minimum absolute atomic E-state index is 0.0772. The standard InChI is InChI=1S/C25H37N5O/c1-3-22-15-24(28(2)27-22)25(31)30(17-20-9-7-13-26-16-20)19-21-10-8-14-29(18-21)23-11-5-4-6-12-23/h7,9,13,15-16,21,23H,3-6,8,10-12,14,17-19H2,1-2H3. The van der Waals surface area contributed by atoms with E-state index in [0.29, 0.717) is 18.2 Å². The van der Waals surface area contributed by atoms with E-state index in [4.69, 9.17) is 0 Å². The summed E-state index contributed by atoms with van der Waals surface area (Å²) in [6.07, 6.45) is 13.8. The van der Waals surface area contributed by atoms with Crippen molar-refractivity contribution >= 4 is 5.91 Å². The maximum Gasteiger partial charge on any atom is 0.272 e. The van der Waals surface area contributed by atoms with Crippen LogP contribution in [-0.2, 0) is 20.0 Å². The Morgan fingerprint density at radius 1 is 1.19 bits per heavy atom. The van der Waals surface area contributed by atoms with Gasteiger partial charge >= 0.3 is 0 Å². The predicted molar refractivity (Wildman–Crippen MR) is 123 cm³/mol. The molecule has 1 saturated heterocycles. The van der Waals surface area contributed by atoms with Gasteiger partial charge in [0.2, 0.25) is 0 Å². The molecule has 1 unspecified atom stereocenters. The number of carbonyl (C=O) groups is 1. The Bertz CT molecular complexity index is 843. The fourth-order valence-electron chi connectivity index (χ4n) is 5.33. The molecule has 0 bridgehead atoms. The van der Waals surface area contributed by atoms with E-state index in [2.05, 4.69) is 28.0 Å². The van der Waals surface area contributed by atoms with Crippen LogP contribution in [0.5, 0.6) is 0 Å². The third-order valence-corrected chi connectivity index (χ3v) is 7.02. The number of pyridine rings is 1. The van der Waals surface area contributed by atoms with Gasteiger partial charge in [0.15, 0.2) is 0 Å². The van der Waals surface area contributed by atoms with E-state index >= 15 is 0 Å². The number of nitrogens with zero attached hydrogens (tertiary/aromatic N) is 5. The van der Waals surface area contributed by atoms with E-state index in [9.17, 15) is 4.79 Å². The molecule has 1 amide bonds. The quantitative estimate of drug-likeness (QED) is 0.674. The van der Waals surface area contributed by atoms with Crippen molar-refractivity contribution in [1.29, 1.82) is 0 Å². The third-order valence-electron chi connectivity index (χ3n) is 7.02. The maximum atomic E-state index is 13.6. The molecule has 2 aromatic rings. The van der Waals surface area contributed by atoms with Crippen molar-refractivity contribution in [3.05, 3.63) is 47.5 Å². The van der Waals surface area contributed by atoms with Gasteiger partial charge in [0.05, 0.1) is 5.69 Å². The highest BCUT2D eigenvalue weighted by Crippen LogP contribution is 2.28. The summed E-state index contributed by atoms with van der Waals surface area (Å²) >= 11 is 0. The summed E-state index contributed by atoms with van der Waals surface area (Å²) < 4.78 is 1.74. The van der Waals surface area contributed by atoms with Crippen molar-refractivity contribution in [2.45, 2.75) is 70.9 Å². The molecule has 0 N–H and O–H groups in total. The fourth-order valence-corrected chi connectivity index (χ4v) is 5.33. The van der Waals surface area contributed by atoms with Gasteiger partial charge in [-0.3, -0.25) is 14.5 Å². The van der Waals surface area contributed by atoms with Gasteiger partial charge in [0.25, 0.3) is 5.91 Å². The minimum Gasteiger partial charge on any atom is -0.333 e. The van der Waals surface area contributed by atoms with Gasteiger partial charge in [-0.15, -0.1) is 0 Å². The van der Waals surface area contributed by atoms with Crippen LogP contribution >= 0.6 is 0 Å². The van der Waals surface area contributed by atoms with E-state index in [1.807, 2.05) is 30.3 Å². The lowest BCUT2D eigenvalue weighted by molar-refractivity contribution is 0.0575. The zero-order chi connectivity index (χ0) is 21.6. The molecule has 0 spiro atoms. The van der Waals surface area contributed by atoms with Gasteiger partial charge in [-0.25, -0.2) is 0 Å². The molecule has 6 heteroatoms. The average molecular weight is 424 g/mol. The number of amides is 1. The lowest BCUT2D eigenvalue weighted by Gasteiger charge is -2.41. The molecule has 1 atom stereocenters. The van der Waals surface area contributed by atoms with Gasteiger partial charge in [-0.2, -0.15) is 5.10 Å². The highest BCUT2D eigenvalue weighted by Gasteiger charge is 2.30. The summed E-state index contributed by atoms with van der Waals surface area (Å²) in [5, 5.41) is 4.51. The number of hydrogen-bond donors (Lipinski definition) is 0. The molecule has 4 rings (SSSR count). The first kappa shape index (κ1) is 22.0. The molecular formula is C25H37N5O. The summed E-state index contributed by atoms with van der Waals surface area (Å²) in [6, 6.07) is 6.71. The lowest BCUT2D eigenvalue weighted by Crippen LogP contribution is -2.47. The minimum atomic E-state index is 0.0772. The second-order valence-electron chi connectivity index (χ2n) is 9.34. The maximum absolute atomic E-state index is 13.6. The van der Waals surface area contributed by atoms with Crippen LogP contribution in [-0.4, -0.2) is 56.1 Å². The molecule has 2 aliphatic rings. The van der Waals surface area contributed by atoms with E-state index < -0.39 is 0 Å². The monoisotopic (exact) mass is 423 g/mol. The fraction of sp³-hybridized carbons (Fsp3) is 0.640. The molecular weight excluding hydrogens is 386 g/mol. The van der Waals surface area contributed by atoms with Crippen molar-refractivity contribution in [2.75, 3.05) is 19.6 Å². The van der Waals surface area contributed by atoms with Crippen molar-refractivity contribution in [3.63, 3.8) is 0 Å². The van der Waals surface area contributed by atoms with Gasteiger partial charge in [-0.05, 0) is 62.3 Å². The highest BCUT2D eigenvalue weighted by molar-refractivity contribution is 5.92. The van der Waals surface area contributed by atoms with Crippen LogP contribution in [0.25, 0.3) is 0 Å². The van der Waals surface area contributed by atoms with Crippen LogP contribution in [0.15, 0.2) is 30.6 Å². The average Bonchev–Trinajstić information content (AvgIpc) is 3.20. The summed E-state index contributed by atoms with van der Waals surface area (Å²) in [6.45, 7) is 5.81. The van der Waals surface area contributed by atoms with Crippen LogP contribution in [0, 0.1) is 5.92 Å². The van der Waals surface area contributed by atoms with Gasteiger partial charge < -0.3 is 9.80 Å². The van der Waals surface area contributed by atoms with Crippen LogP contribution in [0.3, 0.4) is 0 Å². The van der Waals surface area contributed by atoms with E-state index in [0.717, 1.165) is 36.8 Å². The number of piperidine rings is 1. The number of carbonyl (C=O) groups excluding carboxylic acids is 1. The molecule has 3 heterocycles. The van der Waals surface area contributed by atoms with Crippen LogP contribution in [0.1, 0.15) is 73.6 Å². The number of aromatic nitrogens is 3. The van der Waals surface area contributed by atoms with Crippen LogP contribution in [0.4, 0.5) is 0 Å². The molecule has 1 saturated carbocycles. The Morgan fingerprint density at radius 3 is 2.74 bits per heavy atom. The summed E-state index contributed by atoms with van der Waals surface area (Å²) in [4.78, 5) is 22.6. The van der Waals surface area contributed by atoms with Gasteiger partial charge in [0, 0.05) is 45.1 Å². The van der Waals surface area contributed by atoms with Crippen molar-refractivity contribution in [1.82, 2.24) is 24.6 Å². The van der Waals surface area contributed by atoms with Crippen molar-refractivity contribution in [2.24, 2.45) is 13.0 Å². The first-order valence-electron chi connectivity index (χ1n) is 12.1. The lowest BCUT2D eigenvalue weighted by atomic mass is 9.90. The van der Waals surface area contributed by atoms with Gasteiger partial charge in [0.1, 0.15) is 5.69 Å². The van der Waals surface area contributed by atoms with E-state index in [1.165, 1.54) is 51.5 Å². The van der Waals surface area contributed by atoms with Crippen molar-refractivity contribution in [3.8, 4) is 0 Å². The normalized spacial score (nSPS) is 20.6. The topological polar surface area (TPSA) is 54.3 Å². The Morgan fingerprint density at radius 2 is 2.03 bits per heavy atom. The molecule has 31 heavy (non-hydrogen) atoms. The zero-order valence-corrected chi connectivity index (χ0v) is 19.2. The first-order valence-corrected chi connectivity index (χ1v) is 12.1. The van der Waals surface area contributed by atoms with E-state index in [1.54, 1.807) is 10.9 Å². The predicted octanol–water partition coefficient (Wildman–Crippen LogP) is 4.06. The zero-order valence-electron chi connectivity index (χ0n) is 19.2. The Kier molecular flexibility index (Phi) is 7.38. The molecule has 1 aliphatic heterocycles. The van der Waals surface area contributed by atoms with Crippen LogP contribution in [0.2, 0.25) is 0 Å². The third kappa shape index (κ3) is 5.53. The molecule has 0 aromatic carbocycles. The Balaban J connectivity index is 1.49. The number of aryl methyl sites for hydroxylation is 2. The molecule has 6 nitrogen and oxygen atoms in total. The second-order valence-corrected chi connectivity index (χ2v) is 9.34. The highest BCUT2D eigenvalue weighted by atomic mass is 16.2. The molecule has 2 aromatic heterocycles. The second kappa shape index (κ2) is 10.4. The SMILES string of the molecule is CCc1cc(C(=O)N(Cc2cccnc2)CC2CCCN(C3CCCCC3)C2)n(C)n1. The molecule has 0 radical (unpaired) electrons. The summed E-state index contributed by atoms with van der Waals surface area (Å²) in [5.41, 5.74) is 2.72. The Labute approximate surface area is 186 Å². The number of rotatable bonds is 7. The summed E-state index contributed by atoms with van der Waals surface area (Å²) in [7, 11) is 1.88. The Hall–Kier alpha value is -2.21. The molecule has 168 valence electrons. The first-order chi connectivity index (χ1) is 15.1. The van der Waals surface area contributed by atoms with Gasteiger partial charge in [-0.1, -0.05) is 32.3 Å². The number of likely N-dealkylation sites (tertiary alicyclic amines) is 1. The smallest absolute Gasteiger partial charge is 0.272 e. The summed E-state index contributed by atoms with van der Waals surface area (Å²) in [5.74, 6) is 0.600.